The van der Waals surface area contributed by atoms with E-state index in [0.717, 1.165) is 5.52 Å². The molecular formula is C13H10N2. The van der Waals surface area contributed by atoms with Gasteiger partial charge in [-0.25, -0.2) is 4.52 Å². The monoisotopic (exact) mass is 194 g/mol. The van der Waals surface area contributed by atoms with E-state index in [-0.39, 0.29) is 0 Å². The molecule has 0 N–H and O–H groups in total. The highest BCUT2D eigenvalue weighted by atomic mass is 15.2. The molecule has 72 valence electrons. The standard InChI is InChI=1S/C13H10N2/c1-2-5-11(6-3-1)12-7-4-10-15-13(12)8-9-14-15/h1-10H. The van der Waals surface area contributed by atoms with E-state index in [4.69, 9.17) is 0 Å². The van der Waals surface area contributed by atoms with Crippen LogP contribution in [0.15, 0.2) is 60.9 Å². The highest BCUT2D eigenvalue weighted by Gasteiger charge is 2.02. The Morgan fingerprint density at radius 1 is 0.867 bits per heavy atom. The normalized spacial score (nSPS) is 10.7. The number of nitrogens with zero attached hydrogens (tertiary/aromatic N) is 2. The second-order valence-corrected chi connectivity index (χ2v) is 3.45. The molecule has 0 radical (unpaired) electrons. The van der Waals surface area contributed by atoms with E-state index in [1.165, 1.54) is 11.1 Å². The van der Waals surface area contributed by atoms with Gasteiger partial charge in [0.05, 0.1) is 5.52 Å². The zero-order chi connectivity index (χ0) is 10.1. The Morgan fingerprint density at radius 3 is 2.60 bits per heavy atom. The first-order valence-corrected chi connectivity index (χ1v) is 4.93. The van der Waals surface area contributed by atoms with Crippen LogP contribution in [0, 0.1) is 0 Å². The molecule has 0 spiro atoms. The largest absolute Gasteiger partial charge is 0.240 e. The molecule has 0 bridgehead atoms. The van der Waals surface area contributed by atoms with E-state index in [2.05, 4.69) is 35.4 Å². The van der Waals surface area contributed by atoms with Crippen molar-refractivity contribution >= 4 is 5.52 Å². The third kappa shape index (κ3) is 1.31. The lowest BCUT2D eigenvalue weighted by molar-refractivity contribution is 0.962. The molecule has 3 aromatic rings. The number of benzene rings is 1. The van der Waals surface area contributed by atoms with Gasteiger partial charge in [-0.1, -0.05) is 36.4 Å². The Labute approximate surface area is 87.8 Å². The fraction of sp³-hybridized carbons (Fsp3) is 0. The highest BCUT2D eigenvalue weighted by Crippen LogP contribution is 2.23. The van der Waals surface area contributed by atoms with E-state index in [1.54, 1.807) is 0 Å². The predicted octanol–water partition coefficient (Wildman–Crippen LogP) is 3.00. The maximum atomic E-state index is 4.22. The summed E-state index contributed by atoms with van der Waals surface area (Å²) in [6, 6.07) is 16.5. The smallest absolute Gasteiger partial charge is 0.0739 e. The van der Waals surface area contributed by atoms with Crippen molar-refractivity contribution < 1.29 is 0 Å². The first kappa shape index (κ1) is 8.24. The summed E-state index contributed by atoms with van der Waals surface area (Å²) in [5.74, 6) is 0. The van der Waals surface area contributed by atoms with Gasteiger partial charge in [0.25, 0.3) is 0 Å². The molecule has 15 heavy (non-hydrogen) atoms. The number of hydrogen-bond donors (Lipinski definition) is 0. The van der Waals surface area contributed by atoms with Crippen LogP contribution in [0.4, 0.5) is 0 Å². The van der Waals surface area contributed by atoms with Gasteiger partial charge >= 0.3 is 0 Å². The maximum absolute atomic E-state index is 4.22. The van der Waals surface area contributed by atoms with Crippen molar-refractivity contribution in [2.24, 2.45) is 0 Å². The van der Waals surface area contributed by atoms with Crippen LogP contribution in [-0.2, 0) is 0 Å². The Balaban J connectivity index is 2.31. The topological polar surface area (TPSA) is 17.3 Å². The van der Waals surface area contributed by atoms with Crippen LogP contribution in [0.25, 0.3) is 16.6 Å². The molecule has 0 aliphatic rings. The Hall–Kier alpha value is -2.09. The first-order chi connectivity index (χ1) is 7.45. The number of fused-ring (bicyclic) bond motifs is 1. The van der Waals surface area contributed by atoms with Crippen LogP contribution in [0.3, 0.4) is 0 Å². The third-order valence-corrected chi connectivity index (χ3v) is 2.52. The average Bonchev–Trinajstić information content (AvgIpc) is 2.78. The molecule has 0 saturated heterocycles. The molecule has 2 nitrogen and oxygen atoms in total. The van der Waals surface area contributed by atoms with Crippen molar-refractivity contribution in [1.29, 1.82) is 0 Å². The molecule has 0 amide bonds. The van der Waals surface area contributed by atoms with Gasteiger partial charge in [-0.15, -0.1) is 0 Å². The van der Waals surface area contributed by atoms with Gasteiger partial charge in [0.2, 0.25) is 0 Å². The van der Waals surface area contributed by atoms with E-state index >= 15 is 0 Å². The molecule has 1 aromatic carbocycles. The first-order valence-electron chi connectivity index (χ1n) is 4.93. The minimum Gasteiger partial charge on any atom is -0.240 e. The Kier molecular flexibility index (Phi) is 1.78. The molecule has 3 rings (SSSR count). The zero-order valence-electron chi connectivity index (χ0n) is 8.17. The van der Waals surface area contributed by atoms with E-state index in [9.17, 15) is 0 Å². The summed E-state index contributed by atoms with van der Waals surface area (Å²) in [6.07, 6.45) is 3.78. The van der Waals surface area contributed by atoms with Crippen LogP contribution in [0.5, 0.6) is 0 Å². The summed E-state index contributed by atoms with van der Waals surface area (Å²) in [4.78, 5) is 0. The van der Waals surface area contributed by atoms with Crippen LogP contribution >= 0.6 is 0 Å². The Morgan fingerprint density at radius 2 is 1.73 bits per heavy atom. The summed E-state index contributed by atoms with van der Waals surface area (Å²) in [7, 11) is 0. The van der Waals surface area contributed by atoms with Gasteiger partial charge in [0.15, 0.2) is 0 Å². The number of hydrogen-bond acceptors (Lipinski definition) is 1. The summed E-state index contributed by atoms with van der Waals surface area (Å²) < 4.78 is 1.89. The van der Waals surface area contributed by atoms with Gasteiger partial charge in [-0.3, -0.25) is 0 Å². The van der Waals surface area contributed by atoms with Gasteiger partial charge < -0.3 is 0 Å². The van der Waals surface area contributed by atoms with Crippen molar-refractivity contribution in [2.75, 3.05) is 0 Å². The number of pyridine rings is 1. The van der Waals surface area contributed by atoms with E-state index in [0.29, 0.717) is 0 Å². The van der Waals surface area contributed by atoms with Crippen molar-refractivity contribution in [2.45, 2.75) is 0 Å². The van der Waals surface area contributed by atoms with Crippen molar-refractivity contribution in [3.63, 3.8) is 0 Å². The van der Waals surface area contributed by atoms with Crippen LogP contribution in [-0.4, -0.2) is 9.61 Å². The minimum absolute atomic E-state index is 1.14. The lowest BCUT2D eigenvalue weighted by Crippen LogP contribution is -1.87. The molecule has 0 aliphatic carbocycles. The third-order valence-electron chi connectivity index (χ3n) is 2.52. The van der Waals surface area contributed by atoms with Gasteiger partial charge in [-0.2, -0.15) is 5.10 Å². The predicted molar refractivity (Wildman–Crippen MR) is 60.6 cm³/mol. The summed E-state index contributed by atoms with van der Waals surface area (Å²) in [5, 5.41) is 4.22. The highest BCUT2D eigenvalue weighted by molar-refractivity contribution is 5.79. The molecule has 0 atom stereocenters. The molecule has 2 heterocycles. The van der Waals surface area contributed by atoms with Crippen LogP contribution < -0.4 is 0 Å². The Bertz CT molecular complexity index is 582. The maximum Gasteiger partial charge on any atom is 0.0739 e. The minimum atomic E-state index is 1.14. The van der Waals surface area contributed by atoms with Gasteiger partial charge in [0.1, 0.15) is 0 Å². The average molecular weight is 194 g/mol. The zero-order valence-corrected chi connectivity index (χ0v) is 8.17. The van der Waals surface area contributed by atoms with Crippen LogP contribution in [0.1, 0.15) is 0 Å². The number of rotatable bonds is 1. The quantitative estimate of drug-likeness (QED) is 0.582. The lowest BCUT2D eigenvalue weighted by atomic mass is 10.1. The SMILES string of the molecule is c1ccc(-c2cccn3nccc23)cc1. The molecule has 2 heteroatoms. The molecular weight excluding hydrogens is 184 g/mol. The van der Waals surface area contributed by atoms with E-state index < -0.39 is 0 Å². The van der Waals surface area contributed by atoms with E-state index in [1.807, 2.05) is 35.1 Å². The fourth-order valence-electron chi connectivity index (χ4n) is 1.81. The summed E-state index contributed by atoms with van der Waals surface area (Å²) in [5.41, 5.74) is 3.59. The van der Waals surface area contributed by atoms with Crippen molar-refractivity contribution in [3.8, 4) is 11.1 Å². The second kappa shape index (κ2) is 3.24. The summed E-state index contributed by atoms with van der Waals surface area (Å²) >= 11 is 0. The van der Waals surface area contributed by atoms with Crippen molar-refractivity contribution in [1.82, 2.24) is 9.61 Å². The summed E-state index contributed by atoms with van der Waals surface area (Å²) in [6.45, 7) is 0. The second-order valence-electron chi connectivity index (χ2n) is 3.45. The molecule has 0 fully saturated rings. The molecule has 0 aliphatic heterocycles. The van der Waals surface area contributed by atoms with Crippen molar-refractivity contribution in [3.05, 3.63) is 60.9 Å². The lowest BCUT2D eigenvalue weighted by Gasteiger charge is -2.03. The fourth-order valence-corrected chi connectivity index (χ4v) is 1.81. The number of aromatic nitrogens is 2. The van der Waals surface area contributed by atoms with Gasteiger partial charge in [-0.05, 0) is 17.7 Å². The molecule has 0 unspecified atom stereocenters. The molecule has 2 aromatic heterocycles. The van der Waals surface area contributed by atoms with Gasteiger partial charge in [0, 0.05) is 18.0 Å². The van der Waals surface area contributed by atoms with Crippen LogP contribution in [0.2, 0.25) is 0 Å². The molecule has 0 saturated carbocycles.